The van der Waals surface area contributed by atoms with Crippen molar-refractivity contribution in [1.29, 1.82) is 0 Å². The number of nitrogens with zero attached hydrogens (tertiary/aromatic N) is 3. The molecule has 0 unspecified atom stereocenters. The van der Waals surface area contributed by atoms with Crippen molar-refractivity contribution in [2.75, 3.05) is 0 Å². The number of carbonyl (C=O) groups excluding carboxylic acids is 1. The van der Waals surface area contributed by atoms with Gasteiger partial charge in [0.05, 0.1) is 5.69 Å². The minimum absolute atomic E-state index is 0.0216. The van der Waals surface area contributed by atoms with E-state index >= 15 is 0 Å². The SMILES string of the molecule is CC(C)(C)c1nnsc1C(=O)c1cccc2cnccc12. The van der Waals surface area contributed by atoms with Crippen LogP contribution in [0.4, 0.5) is 0 Å². The van der Waals surface area contributed by atoms with Gasteiger partial charge in [0.1, 0.15) is 4.88 Å². The molecule has 2 heterocycles. The molecular formula is C16H15N3OS. The van der Waals surface area contributed by atoms with E-state index in [-0.39, 0.29) is 11.2 Å². The lowest BCUT2D eigenvalue weighted by atomic mass is 9.89. The molecule has 106 valence electrons. The Hall–Kier alpha value is -2.14. The fourth-order valence-electron chi connectivity index (χ4n) is 2.27. The second kappa shape index (κ2) is 5.00. The summed E-state index contributed by atoms with van der Waals surface area (Å²) < 4.78 is 3.97. The predicted molar refractivity (Wildman–Crippen MR) is 83.8 cm³/mol. The Labute approximate surface area is 127 Å². The van der Waals surface area contributed by atoms with Crippen LogP contribution in [-0.2, 0) is 5.41 Å². The van der Waals surface area contributed by atoms with E-state index in [1.54, 1.807) is 12.4 Å². The fraction of sp³-hybridized carbons (Fsp3) is 0.250. The fourth-order valence-corrected chi connectivity index (χ4v) is 3.10. The Kier molecular flexibility index (Phi) is 3.29. The van der Waals surface area contributed by atoms with Gasteiger partial charge in [0.2, 0.25) is 5.78 Å². The molecule has 0 bridgehead atoms. The summed E-state index contributed by atoms with van der Waals surface area (Å²) in [5.41, 5.74) is 1.22. The third-order valence-corrected chi connectivity index (χ3v) is 4.05. The average molecular weight is 297 g/mol. The number of hydrogen-bond acceptors (Lipinski definition) is 5. The summed E-state index contributed by atoms with van der Waals surface area (Å²) in [6, 6.07) is 7.54. The lowest BCUT2D eigenvalue weighted by Crippen LogP contribution is -2.16. The zero-order valence-electron chi connectivity index (χ0n) is 12.1. The monoisotopic (exact) mass is 297 g/mol. The minimum atomic E-state index is -0.204. The van der Waals surface area contributed by atoms with Gasteiger partial charge in [0, 0.05) is 28.8 Å². The predicted octanol–water partition coefficient (Wildman–Crippen LogP) is 3.61. The number of hydrogen-bond donors (Lipinski definition) is 0. The van der Waals surface area contributed by atoms with Crippen molar-refractivity contribution in [2.45, 2.75) is 26.2 Å². The zero-order valence-corrected chi connectivity index (χ0v) is 12.9. The van der Waals surface area contributed by atoms with Crippen LogP contribution in [0.5, 0.6) is 0 Å². The van der Waals surface area contributed by atoms with E-state index in [0.717, 1.165) is 28.0 Å². The number of benzene rings is 1. The molecule has 0 spiro atoms. The van der Waals surface area contributed by atoms with Crippen LogP contribution in [0, 0.1) is 0 Å². The maximum Gasteiger partial charge on any atom is 0.207 e. The van der Waals surface area contributed by atoms with E-state index in [9.17, 15) is 4.79 Å². The Morgan fingerprint density at radius 1 is 1.19 bits per heavy atom. The standard InChI is InChI=1S/C16H15N3OS/c1-16(2,3)15-14(21-19-18-15)13(20)12-6-4-5-10-9-17-8-7-11(10)12/h4-9H,1-3H3. The van der Waals surface area contributed by atoms with Gasteiger partial charge in [0.15, 0.2) is 0 Å². The second-order valence-electron chi connectivity index (χ2n) is 5.93. The Bertz CT molecular complexity index is 812. The van der Waals surface area contributed by atoms with Gasteiger partial charge in [-0.2, -0.15) is 0 Å². The maximum absolute atomic E-state index is 12.9. The topological polar surface area (TPSA) is 55.7 Å². The first-order valence-electron chi connectivity index (χ1n) is 6.69. The molecule has 0 amide bonds. The molecule has 0 aliphatic carbocycles. The summed E-state index contributed by atoms with van der Waals surface area (Å²) in [5.74, 6) is -0.0216. The molecule has 0 saturated carbocycles. The number of ketones is 1. The minimum Gasteiger partial charge on any atom is -0.288 e. The first-order chi connectivity index (χ1) is 9.98. The first-order valence-corrected chi connectivity index (χ1v) is 7.46. The summed E-state index contributed by atoms with van der Waals surface area (Å²) in [5, 5.41) is 6.01. The lowest BCUT2D eigenvalue weighted by molar-refractivity contribution is 0.104. The molecule has 3 rings (SSSR count). The van der Waals surface area contributed by atoms with Crippen molar-refractivity contribution in [3.63, 3.8) is 0 Å². The molecule has 4 nitrogen and oxygen atoms in total. The molecule has 0 aliphatic rings. The zero-order chi connectivity index (χ0) is 15.0. The summed E-state index contributed by atoms with van der Waals surface area (Å²) >= 11 is 1.16. The molecule has 3 aromatic rings. The maximum atomic E-state index is 12.9. The van der Waals surface area contributed by atoms with Crippen molar-refractivity contribution in [2.24, 2.45) is 0 Å². The van der Waals surface area contributed by atoms with Crippen LogP contribution in [0.2, 0.25) is 0 Å². The van der Waals surface area contributed by atoms with Crippen LogP contribution >= 0.6 is 11.5 Å². The van der Waals surface area contributed by atoms with Gasteiger partial charge >= 0.3 is 0 Å². The number of fused-ring (bicyclic) bond motifs is 1. The highest BCUT2D eigenvalue weighted by Crippen LogP contribution is 2.29. The van der Waals surface area contributed by atoms with Crippen molar-refractivity contribution in [3.8, 4) is 0 Å². The smallest absolute Gasteiger partial charge is 0.207 e. The van der Waals surface area contributed by atoms with Gasteiger partial charge < -0.3 is 0 Å². The Morgan fingerprint density at radius 3 is 2.76 bits per heavy atom. The van der Waals surface area contributed by atoms with E-state index in [2.05, 4.69) is 14.6 Å². The van der Waals surface area contributed by atoms with E-state index in [0.29, 0.717) is 10.4 Å². The molecule has 1 aromatic carbocycles. The van der Waals surface area contributed by atoms with E-state index < -0.39 is 0 Å². The number of carbonyl (C=O) groups is 1. The third-order valence-electron chi connectivity index (χ3n) is 3.33. The van der Waals surface area contributed by atoms with E-state index in [1.165, 1.54) is 0 Å². The molecule has 0 saturated heterocycles. The van der Waals surface area contributed by atoms with Crippen LogP contribution in [0.1, 0.15) is 41.7 Å². The van der Waals surface area contributed by atoms with Crippen LogP contribution < -0.4 is 0 Å². The molecule has 0 atom stereocenters. The van der Waals surface area contributed by atoms with Crippen molar-refractivity contribution < 1.29 is 4.79 Å². The van der Waals surface area contributed by atoms with Crippen LogP contribution in [0.15, 0.2) is 36.7 Å². The Morgan fingerprint density at radius 2 is 2.00 bits per heavy atom. The van der Waals surface area contributed by atoms with Crippen LogP contribution in [0.3, 0.4) is 0 Å². The number of pyridine rings is 1. The second-order valence-corrected chi connectivity index (χ2v) is 6.69. The number of rotatable bonds is 2. The summed E-state index contributed by atoms with van der Waals surface area (Å²) in [6.07, 6.45) is 3.47. The molecule has 2 aromatic heterocycles. The van der Waals surface area contributed by atoms with Crippen molar-refractivity contribution in [1.82, 2.24) is 14.6 Å². The molecule has 0 fully saturated rings. The average Bonchev–Trinajstić information content (AvgIpc) is 2.95. The summed E-state index contributed by atoms with van der Waals surface area (Å²) in [6.45, 7) is 6.11. The first kappa shape index (κ1) is 13.8. The molecule has 0 N–H and O–H groups in total. The highest BCUT2D eigenvalue weighted by atomic mass is 32.1. The van der Waals surface area contributed by atoms with Gasteiger partial charge in [-0.25, -0.2) is 0 Å². The highest BCUT2D eigenvalue weighted by molar-refractivity contribution is 7.08. The highest BCUT2D eigenvalue weighted by Gasteiger charge is 2.27. The van der Waals surface area contributed by atoms with Gasteiger partial charge in [0.25, 0.3) is 0 Å². The normalized spacial score (nSPS) is 11.8. The summed E-state index contributed by atoms with van der Waals surface area (Å²) in [7, 11) is 0. The van der Waals surface area contributed by atoms with Gasteiger partial charge in [-0.1, -0.05) is 43.5 Å². The molecule has 21 heavy (non-hydrogen) atoms. The Balaban J connectivity index is 2.16. The third kappa shape index (κ3) is 2.45. The molecule has 0 aliphatic heterocycles. The largest absolute Gasteiger partial charge is 0.288 e. The molecular weight excluding hydrogens is 282 g/mol. The molecule has 5 heteroatoms. The molecule has 0 radical (unpaired) electrons. The number of aromatic nitrogens is 3. The van der Waals surface area contributed by atoms with Crippen LogP contribution in [0.25, 0.3) is 10.8 Å². The van der Waals surface area contributed by atoms with E-state index in [4.69, 9.17) is 0 Å². The van der Waals surface area contributed by atoms with Crippen molar-refractivity contribution >= 4 is 28.1 Å². The van der Waals surface area contributed by atoms with Gasteiger partial charge in [-0.05, 0) is 23.0 Å². The van der Waals surface area contributed by atoms with Crippen molar-refractivity contribution in [3.05, 3.63) is 52.8 Å². The van der Waals surface area contributed by atoms with Gasteiger partial charge in [-0.3, -0.25) is 9.78 Å². The van der Waals surface area contributed by atoms with Gasteiger partial charge in [-0.15, -0.1) is 5.10 Å². The summed E-state index contributed by atoms with van der Waals surface area (Å²) in [4.78, 5) is 17.6. The quantitative estimate of drug-likeness (QED) is 0.678. The van der Waals surface area contributed by atoms with E-state index in [1.807, 2.05) is 45.0 Å². The van der Waals surface area contributed by atoms with Crippen LogP contribution in [-0.4, -0.2) is 20.4 Å². The lowest BCUT2D eigenvalue weighted by Gasteiger charge is -2.16.